The van der Waals surface area contributed by atoms with E-state index in [-0.39, 0.29) is 24.8 Å². The van der Waals surface area contributed by atoms with Crippen molar-refractivity contribution in [2.75, 3.05) is 0 Å². The summed E-state index contributed by atoms with van der Waals surface area (Å²) >= 11 is 1.30. The molecular weight excluding hydrogens is 462 g/mol. The number of benzene rings is 2. The van der Waals surface area contributed by atoms with E-state index in [9.17, 15) is 0 Å². The van der Waals surface area contributed by atoms with Crippen LogP contribution in [-0.2, 0) is 42.5 Å². The normalized spacial score (nSPS) is 10.6. The van der Waals surface area contributed by atoms with Crippen molar-refractivity contribution in [2.24, 2.45) is 0 Å². The fourth-order valence-corrected chi connectivity index (χ4v) is 3.18. The van der Waals surface area contributed by atoms with Crippen molar-refractivity contribution in [3.8, 4) is 11.1 Å². The van der Waals surface area contributed by atoms with Gasteiger partial charge in [-0.05, 0) is 6.42 Å². The van der Waals surface area contributed by atoms with Crippen LogP contribution in [0.3, 0.4) is 0 Å². The van der Waals surface area contributed by atoms with Crippen molar-refractivity contribution >= 4 is 4.21 Å². The molecule has 0 amide bonds. The van der Waals surface area contributed by atoms with Gasteiger partial charge in [-0.2, -0.15) is 53.1 Å². The smallest absolute Gasteiger partial charge is 0.0253 e. The first-order chi connectivity index (χ1) is 12.5. The SMILES string of the molecule is CCc1cc(C(C)(C)C)c[cH-]1.[CH2]=[Zr+2].[Cl-].[Cl-].[c-]1cccc2c1Cc1ccccc1-2. The van der Waals surface area contributed by atoms with Gasteiger partial charge in [0.25, 0.3) is 0 Å². The average molecular weight is 491 g/mol. The van der Waals surface area contributed by atoms with Gasteiger partial charge in [0.05, 0.1) is 0 Å². The van der Waals surface area contributed by atoms with Gasteiger partial charge in [-0.15, -0.1) is 5.56 Å². The van der Waals surface area contributed by atoms with Crippen molar-refractivity contribution in [1.82, 2.24) is 0 Å². The molecule has 0 nitrogen and oxygen atoms in total. The zero-order valence-electron chi connectivity index (χ0n) is 17.2. The molecule has 0 radical (unpaired) electrons. The maximum Gasteiger partial charge on any atom is -0.0253 e. The Labute approximate surface area is 198 Å². The van der Waals surface area contributed by atoms with Crippen molar-refractivity contribution in [3.05, 3.63) is 89.0 Å². The third-order valence-electron chi connectivity index (χ3n) is 4.71. The summed E-state index contributed by atoms with van der Waals surface area (Å²) in [4.78, 5) is 0. The van der Waals surface area contributed by atoms with Gasteiger partial charge in [0.2, 0.25) is 0 Å². The van der Waals surface area contributed by atoms with Crippen LogP contribution in [0, 0.1) is 6.07 Å². The summed E-state index contributed by atoms with van der Waals surface area (Å²) in [6.45, 7) is 8.95. The number of hydrogen-bond donors (Lipinski definition) is 0. The van der Waals surface area contributed by atoms with Crippen LogP contribution in [0.15, 0.2) is 60.7 Å². The van der Waals surface area contributed by atoms with Gasteiger partial charge in [0.1, 0.15) is 0 Å². The van der Waals surface area contributed by atoms with Gasteiger partial charge in [-0.3, -0.25) is 0 Å². The predicted molar refractivity (Wildman–Crippen MR) is 111 cm³/mol. The van der Waals surface area contributed by atoms with Gasteiger partial charge in [-0.1, -0.05) is 74.9 Å². The third kappa shape index (κ3) is 6.87. The summed E-state index contributed by atoms with van der Waals surface area (Å²) in [5.74, 6) is 0. The summed E-state index contributed by atoms with van der Waals surface area (Å²) in [5, 5.41) is 0. The molecular formula is C25H28Cl2Zr-2. The molecule has 0 saturated carbocycles. The van der Waals surface area contributed by atoms with Gasteiger partial charge in [0.15, 0.2) is 0 Å². The van der Waals surface area contributed by atoms with Crippen LogP contribution in [-0.4, -0.2) is 4.21 Å². The molecule has 4 rings (SSSR count). The largest absolute Gasteiger partial charge is 1.00 e. The summed E-state index contributed by atoms with van der Waals surface area (Å²) in [5.41, 5.74) is 8.73. The molecule has 28 heavy (non-hydrogen) atoms. The average Bonchev–Trinajstić information content (AvgIpc) is 3.28. The molecule has 0 unspecified atom stereocenters. The van der Waals surface area contributed by atoms with Crippen LogP contribution in [0.4, 0.5) is 0 Å². The van der Waals surface area contributed by atoms with Crippen LogP contribution in [0.1, 0.15) is 49.9 Å². The summed E-state index contributed by atoms with van der Waals surface area (Å²) in [7, 11) is 0. The maximum atomic E-state index is 3.34. The number of fused-ring (bicyclic) bond motifs is 3. The molecule has 3 aromatic carbocycles. The van der Waals surface area contributed by atoms with E-state index in [0.717, 1.165) is 12.8 Å². The Kier molecular flexibility index (Phi) is 12.2. The van der Waals surface area contributed by atoms with Crippen LogP contribution in [0.2, 0.25) is 0 Å². The number of aryl methyl sites for hydroxylation is 1. The Balaban J connectivity index is 0.000000455. The number of rotatable bonds is 1. The fraction of sp³-hybridized carbons (Fsp3) is 0.280. The molecule has 0 saturated heterocycles. The Morgan fingerprint density at radius 2 is 1.68 bits per heavy atom. The second kappa shape index (κ2) is 12.6. The summed E-state index contributed by atoms with van der Waals surface area (Å²) in [6, 6.07) is 24.9. The first-order valence-corrected chi connectivity index (χ1v) is 10.9. The molecule has 3 aromatic rings. The monoisotopic (exact) mass is 488 g/mol. The van der Waals surface area contributed by atoms with E-state index in [1.807, 2.05) is 6.07 Å². The van der Waals surface area contributed by atoms with E-state index in [2.05, 4.69) is 92.6 Å². The van der Waals surface area contributed by atoms with E-state index < -0.39 is 0 Å². The Morgan fingerprint density at radius 1 is 1.04 bits per heavy atom. The molecule has 1 aliphatic carbocycles. The van der Waals surface area contributed by atoms with Gasteiger partial charge < -0.3 is 24.8 Å². The Hall–Kier alpha value is -0.877. The van der Waals surface area contributed by atoms with Crippen LogP contribution in [0.25, 0.3) is 11.1 Å². The minimum atomic E-state index is 0. The standard InChI is InChI=1S/C13H9.C11H17.CH2.2ClH.Zr/c1-3-7-12-10(5-1)9-11-6-2-4-8-13(11)12;1-5-9-6-7-10(8-9)11(2,3)4;;;;/h1-5,7-8H,9H2;6-8H,5H2,1-4H3;1H2;2*1H;/q2*-1;;;;+2/p-2. The molecule has 148 valence electrons. The summed E-state index contributed by atoms with van der Waals surface area (Å²) in [6.07, 6.45) is 2.20. The molecule has 3 heteroatoms. The zero-order valence-corrected chi connectivity index (χ0v) is 21.1. The van der Waals surface area contributed by atoms with Gasteiger partial charge in [0, 0.05) is 0 Å². The zero-order chi connectivity index (χ0) is 19.2. The topological polar surface area (TPSA) is 0 Å². The number of hydrogen-bond acceptors (Lipinski definition) is 0. The molecule has 0 aliphatic heterocycles. The van der Waals surface area contributed by atoms with Crippen molar-refractivity contribution in [3.63, 3.8) is 0 Å². The molecule has 0 bridgehead atoms. The Morgan fingerprint density at radius 3 is 2.25 bits per heavy atom. The first kappa shape index (κ1) is 27.1. The first-order valence-electron chi connectivity index (χ1n) is 9.18. The van der Waals surface area contributed by atoms with Crippen LogP contribution in [0.5, 0.6) is 0 Å². The predicted octanol–water partition coefficient (Wildman–Crippen LogP) is 0.297. The quantitative estimate of drug-likeness (QED) is 0.337. The second-order valence-corrected chi connectivity index (χ2v) is 7.51. The molecule has 1 aliphatic rings. The molecule has 0 heterocycles. The van der Waals surface area contributed by atoms with Crippen LogP contribution < -0.4 is 24.8 Å². The second-order valence-electron chi connectivity index (χ2n) is 7.51. The molecule has 0 fully saturated rings. The maximum absolute atomic E-state index is 3.34. The summed E-state index contributed by atoms with van der Waals surface area (Å²) < 4.78 is 3.34. The van der Waals surface area contributed by atoms with E-state index in [1.54, 1.807) is 0 Å². The number of halogens is 2. The van der Waals surface area contributed by atoms with Gasteiger partial charge >= 0.3 is 28.4 Å². The fourth-order valence-electron chi connectivity index (χ4n) is 3.18. The Bertz CT molecular complexity index is 800. The molecule has 0 atom stereocenters. The molecule has 0 N–H and O–H groups in total. The molecule has 0 spiro atoms. The van der Waals surface area contributed by atoms with E-state index >= 15 is 0 Å². The van der Waals surface area contributed by atoms with E-state index in [0.29, 0.717) is 5.41 Å². The van der Waals surface area contributed by atoms with E-state index in [1.165, 1.54) is 57.6 Å². The van der Waals surface area contributed by atoms with Crippen LogP contribution >= 0.6 is 0 Å². The minimum absolute atomic E-state index is 0. The van der Waals surface area contributed by atoms with Crippen molar-refractivity contribution < 1.29 is 49.0 Å². The van der Waals surface area contributed by atoms with Crippen molar-refractivity contribution in [1.29, 1.82) is 0 Å². The van der Waals surface area contributed by atoms with Crippen molar-refractivity contribution in [2.45, 2.75) is 46.0 Å². The minimum Gasteiger partial charge on any atom is -1.00 e. The van der Waals surface area contributed by atoms with Gasteiger partial charge in [-0.25, -0.2) is 6.07 Å². The third-order valence-corrected chi connectivity index (χ3v) is 4.71. The molecule has 0 aromatic heterocycles. The van der Waals surface area contributed by atoms with E-state index in [4.69, 9.17) is 0 Å².